The van der Waals surface area contributed by atoms with Gasteiger partial charge in [0.2, 0.25) is 11.7 Å². The number of unbranched alkanes of at least 4 members (excludes halogenated alkanes) is 2. The third kappa shape index (κ3) is 11.5. The molecule has 2 N–H and O–H groups in total. The molecule has 1 amide bonds. The molecule has 0 bridgehead atoms. The predicted molar refractivity (Wildman–Crippen MR) is 291 cm³/mol. The van der Waals surface area contributed by atoms with Crippen LogP contribution < -0.4 is 14.2 Å². The van der Waals surface area contributed by atoms with Crippen LogP contribution in [0.15, 0.2) is 169 Å². The molecular weight excluding hydrogens is 963 g/mol. The first-order chi connectivity index (χ1) is 37.2. The standard InChI is InChI=1S/C62H63N3O11/c1-3-34-73-62-58(64(39-46-19-13-18-44-16-7-8-20-51(44)46)59(69)31-24-42-22-25-48(26-23-42)65(70)71)38-55(63-74-41-43-14-5-4-6-15-43)53-36-45(17-9-11-32-66)52(21-10-12-33-67)60(61(53)62)54-37-50(28-30-57(54)76-62)75-49-27-29-56(72-2)47(35-49)40-68/h3-8,13-16,18-20,22-31,35-37,40,45,52,58,60-61,66-67H,1,9-12,17,21,32-34,38-39,41H2,2H3/t45-,52+,58-,60+,61+,62+/m0/s1. The normalized spacial score (nSPS) is 21.0. The van der Waals surface area contributed by atoms with E-state index in [4.69, 9.17) is 28.9 Å². The highest BCUT2D eigenvalue weighted by molar-refractivity contribution is 6.03. The summed E-state index contributed by atoms with van der Waals surface area (Å²) in [5, 5.41) is 38.8. The number of hydrogen-bond acceptors (Lipinski definition) is 12. The van der Waals surface area contributed by atoms with Gasteiger partial charge < -0.3 is 38.9 Å². The number of non-ortho nitro benzene ring substituents is 1. The summed E-state index contributed by atoms with van der Waals surface area (Å²) in [6, 6.07) is 39.8. The Kier molecular flexibility index (Phi) is 17.2. The van der Waals surface area contributed by atoms with Crippen molar-refractivity contribution in [2.45, 2.75) is 75.8 Å². The fourth-order valence-electron chi connectivity index (χ4n) is 11.4. The monoisotopic (exact) mass is 1030 g/mol. The average Bonchev–Trinajstić information content (AvgIpc) is 3.57. The van der Waals surface area contributed by atoms with Crippen LogP contribution in [-0.2, 0) is 27.5 Å². The number of aliphatic hydroxyl groups excluding tert-OH is 2. The summed E-state index contributed by atoms with van der Waals surface area (Å²) in [4.78, 5) is 47.0. The van der Waals surface area contributed by atoms with E-state index < -0.39 is 22.7 Å². The number of aliphatic hydroxyl groups is 2. The molecule has 0 unspecified atom stereocenters. The first-order valence-corrected chi connectivity index (χ1v) is 25.9. The number of ether oxygens (including phenoxy) is 4. The molecule has 1 saturated carbocycles. The van der Waals surface area contributed by atoms with E-state index in [0.29, 0.717) is 52.7 Å². The molecule has 0 radical (unpaired) electrons. The number of allylic oxidation sites excluding steroid dienone is 1. The van der Waals surface area contributed by atoms with Crippen molar-refractivity contribution in [2.75, 3.05) is 26.9 Å². The fraction of sp³-hybridized carbons (Fsp3) is 0.306. The molecule has 9 rings (SSSR count). The van der Waals surface area contributed by atoms with Gasteiger partial charge in [0.05, 0.1) is 35.8 Å². The van der Waals surface area contributed by atoms with Gasteiger partial charge in [-0.15, -0.1) is 6.58 Å². The number of benzene rings is 6. The molecule has 1 aliphatic heterocycles. The van der Waals surface area contributed by atoms with Gasteiger partial charge >= 0.3 is 0 Å². The number of rotatable bonds is 24. The molecule has 1 fully saturated rings. The molecule has 6 aromatic carbocycles. The number of fused-ring (bicyclic) bond motifs is 3. The van der Waals surface area contributed by atoms with Gasteiger partial charge in [0.25, 0.3) is 5.69 Å². The first-order valence-electron chi connectivity index (χ1n) is 25.9. The minimum atomic E-state index is -1.58. The number of nitro groups is 1. The van der Waals surface area contributed by atoms with E-state index in [1.165, 1.54) is 25.3 Å². The maximum atomic E-state index is 15.6. The van der Waals surface area contributed by atoms with Crippen molar-refractivity contribution in [2.24, 2.45) is 22.9 Å². The van der Waals surface area contributed by atoms with Crippen LogP contribution in [0.1, 0.15) is 83.5 Å². The Morgan fingerprint density at radius 1 is 0.895 bits per heavy atom. The number of nitrogens with zero attached hydrogens (tertiary/aromatic N) is 3. The van der Waals surface area contributed by atoms with E-state index in [2.05, 4.69) is 12.7 Å². The quantitative estimate of drug-likeness (QED) is 0.0147. The Morgan fingerprint density at radius 2 is 1.63 bits per heavy atom. The Labute approximate surface area is 442 Å². The zero-order chi connectivity index (χ0) is 53.0. The van der Waals surface area contributed by atoms with Crippen LogP contribution in [0.3, 0.4) is 0 Å². The average molecular weight is 1030 g/mol. The van der Waals surface area contributed by atoms with Crippen LogP contribution in [0, 0.1) is 27.9 Å². The molecule has 3 aliphatic rings. The molecule has 6 atom stereocenters. The van der Waals surface area contributed by atoms with Crippen LogP contribution >= 0.6 is 0 Å². The van der Waals surface area contributed by atoms with Crippen molar-refractivity contribution in [1.82, 2.24) is 4.90 Å². The van der Waals surface area contributed by atoms with Gasteiger partial charge in [-0.25, -0.2) is 0 Å². The second-order valence-corrected chi connectivity index (χ2v) is 19.4. The Bertz CT molecular complexity index is 3110. The van der Waals surface area contributed by atoms with E-state index in [1.54, 1.807) is 47.4 Å². The second-order valence-electron chi connectivity index (χ2n) is 19.4. The third-order valence-electron chi connectivity index (χ3n) is 14.9. The molecule has 392 valence electrons. The second kappa shape index (κ2) is 24.6. The van der Waals surface area contributed by atoms with Gasteiger partial charge in [0, 0.05) is 55.9 Å². The van der Waals surface area contributed by atoms with Gasteiger partial charge in [-0.1, -0.05) is 103 Å². The lowest BCUT2D eigenvalue weighted by Crippen LogP contribution is -2.70. The Balaban J connectivity index is 1.26. The van der Waals surface area contributed by atoms with Gasteiger partial charge in [-0.05, 0) is 125 Å². The zero-order valence-corrected chi connectivity index (χ0v) is 42.6. The van der Waals surface area contributed by atoms with Crippen LogP contribution in [0.4, 0.5) is 5.69 Å². The Hall–Kier alpha value is -7.91. The lowest BCUT2D eigenvalue weighted by Gasteiger charge is -2.60. The number of methoxy groups -OCH3 is 1. The molecular formula is C62H63N3O11. The van der Waals surface area contributed by atoms with Crippen molar-refractivity contribution >= 4 is 40.4 Å². The van der Waals surface area contributed by atoms with Gasteiger partial charge in [0.15, 0.2) is 6.29 Å². The summed E-state index contributed by atoms with van der Waals surface area (Å²) in [7, 11) is 1.50. The number of oxime groups is 1. The van der Waals surface area contributed by atoms with Gasteiger partial charge in [0.1, 0.15) is 35.6 Å². The van der Waals surface area contributed by atoms with E-state index in [-0.39, 0.29) is 68.7 Å². The summed E-state index contributed by atoms with van der Waals surface area (Å²) >= 11 is 0. The summed E-state index contributed by atoms with van der Waals surface area (Å²) in [5.74, 6) is -1.13. The van der Waals surface area contributed by atoms with Crippen molar-refractivity contribution in [3.8, 4) is 23.0 Å². The Morgan fingerprint density at radius 3 is 2.38 bits per heavy atom. The van der Waals surface area contributed by atoms with Crippen molar-refractivity contribution in [3.63, 3.8) is 0 Å². The minimum Gasteiger partial charge on any atom is -0.496 e. The highest BCUT2D eigenvalue weighted by atomic mass is 16.7. The maximum absolute atomic E-state index is 15.6. The van der Waals surface area contributed by atoms with Crippen molar-refractivity contribution in [1.29, 1.82) is 0 Å². The van der Waals surface area contributed by atoms with Crippen LogP contribution in [-0.4, -0.2) is 76.7 Å². The number of nitro benzene ring substituents is 1. The molecule has 1 heterocycles. The molecule has 14 nitrogen and oxygen atoms in total. The van der Waals surface area contributed by atoms with Crippen molar-refractivity contribution in [3.05, 3.63) is 202 Å². The first kappa shape index (κ1) is 52.9. The number of carbonyl (C=O) groups is 2. The molecule has 0 spiro atoms. The molecule has 2 aliphatic carbocycles. The highest BCUT2D eigenvalue weighted by Crippen LogP contribution is 2.62. The number of aldehydes is 1. The van der Waals surface area contributed by atoms with E-state index in [9.17, 15) is 25.1 Å². The van der Waals surface area contributed by atoms with E-state index >= 15 is 4.79 Å². The third-order valence-corrected chi connectivity index (χ3v) is 14.9. The SMILES string of the molecule is C=CCO[C@@]12Oc3ccc(Oc4ccc(OC)c(C=O)c4)cc3[C@H]3[C@H](CCCCO)[C@@H](CCCCO)C=C(C(=NOCc4ccccc4)C[C@@H]1N(Cc1cccc4ccccc14)C(=O)C=Cc1ccc([N+](=O)[O-])cc1)[C@H]32. The summed E-state index contributed by atoms with van der Waals surface area (Å²) in [5.41, 5.74) is 5.02. The highest BCUT2D eigenvalue weighted by Gasteiger charge is 2.65. The van der Waals surface area contributed by atoms with E-state index in [1.807, 2.05) is 91.0 Å². The van der Waals surface area contributed by atoms with Crippen molar-refractivity contribution < 1.29 is 48.5 Å². The molecule has 0 saturated heterocycles. The fourth-order valence-corrected chi connectivity index (χ4v) is 11.4. The smallest absolute Gasteiger partial charge is 0.269 e. The minimum absolute atomic E-state index is 0.0280. The lowest BCUT2D eigenvalue weighted by molar-refractivity contribution is -0.384. The molecule has 0 aromatic heterocycles. The molecule has 76 heavy (non-hydrogen) atoms. The summed E-state index contributed by atoms with van der Waals surface area (Å²) in [6.07, 6.45) is 12.2. The topological polar surface area (TPSA) is 179 Å². The maximum Gasteiger partial charge on any atom is 0.269 e. The van der Waals surface area contributed by atoms with Crippen LogP contribution in [0.2, 0.25) is 0 Å². The summed E-state index contributed by atoms with van der Waals surface area (Å²) in [6.45, 7) is 4.55. The van der Waals surface area contributed by atoms with Gasteiger partial charge in [-0.3, -0.25) is 19.7 Å². The van der Waals surface area contributed by atoms with Gasteiger partial charge in [-0.2, -0.15) is 0 Å². The van der Waals surface area contributed by atoms with Crippen LogP contribution in [0.5, 0.6) is 23.0 Å². The lowest BCUT2D eigenvalue weighted by atomic mass is 9.55. The largest absolute Gasteiger partial charge is 0.496 e. The molecule has 6 aromatic rings. The van der Waals surface area contributed by atoms with Crippen LogP contribution in [0.25, 0.3) is 16.8 Å². The predicted octanol–water partition coefficient (Wildman–Crippen LogP) is 11.9. The number of amides is 1. The zero-order valence-electron chi connectivity index (χ0n) is 42.6. The number of hydrogen-bond donors (Lipinski definition) is 2. The summed E-state index contributed by atoms with van der Waals surface area (Å²) < 4.78 is 26.8. The number of carbonyl (C=O) groups excluding carboxylic acids is 2. The van der Waals surface area contributed by atoms with E-state index in [0.717, 1.165) is 65.0 Å². The molecule has 14 heteroatoms.